The maximum absolute atomic E-state index is 9.91. The molecule has 0 aliphatic carbocycles. The van der Waals surface area contributed by atoms with Crippen molar-refractivity contribution in [1.82, 2.24) is 0 Å². The molecule has 0 radical (unpaired) electrons. The van der Waals surface area contributed by atoms with Crippen molar-refractivity contribution in [3.8, 4) is 5.75 Å². The van der Waals surface area contributed by atoms with Gasteiger partial charge in [0.2, 0.25) is 0 Å². The van der Waals surface area contributed by atoms with Gasteiger partial charge in [0.05, 0.1) is 0 Å². The number of phenols is 1. The number of halogens is 1. The number of nitrogens with one attached hydrogen (secondary N) is 1. The lowest BCUT2D eigenvalue weighted by molar-refractivity contribution is 0.481. The van der Waals surface area contributed by atoms with Gasteiger partial charge in [-0.1, -0.05) is 52.3 Å². The molecule has 106 valence electrons. The Kier molecular flexibility index (Phi) is 3.84. The van der Waals surface area contributed by atoms with Crippen molar-refractivity contribution in [3.05, 3.63) is 70.2 Å². The summed E-state index contributed by atoms with van der Waals surface area (Å²) < 4.78 is 1.13. The summed E-state index contributed by atoms with van der Waals surface area (Å²) in [6, 6.07) is 17.9. The molecule has 2 N–H and O–H groups in total. The molecule has 0 unspecified atom stereocenters. The van der Waals surface area contributed by atoms with E-state index in [2.05, 4.69) is 46.4 Å². The van der Waals surface area contributed by atoms with Gasteiger partial charge in [-0.25, -0.2) is 0 Å². The largest absolute Gasteiger partial charge is 0.507 e. The molecule has 21 heavy (non-hydrogen) atoms. The van der Waals surface area contributed by atoms with Crippen molar-refractivity contribution < 1.29 is 5.11 Å². The summed E-state index contributed by atoms with van der Waals surface area (Å²) in [7, 11) is 0. The predicted molar refractivity (Wildman–Crippen MR) is 91.8 cm³/mol. The third kappa shape index (κ3) is 2.88. The van der Waals surface area contributed by atoms with Crippen molar-refractivity contribution in [3.63, 3.8) is 0 Å². The SMILES string of the molecule is Cc1cc(CNc2cccc3c(O)cccc23)ccc1Br. The normalized spacial score (nSPS) is 10.8. The Morgan fingerprint density at radius 1 is 1.00 bits per heavy atom. The Morgan fingerprint density at radius 2 is 1.76 bits per heavy atom. The van der Waals surface area contributed by atoms with Gasteiger partial charge in [0.25, 0.3) is 0 Å². The third-order valence-corrected chi connectivity index (χ3v) is 4.49. The monoisotopic (exact) mass is 341 g/mol. The number of hydrogen-bond acceptors (Lipinski definition) is 2. The van der Waals surface area contributed by atoms with Crippen molar-refractivity contribution in [2.75, 3.05) is 5.32 Å². The molecule has 0 aliphatic heterocycles. The van der Waals surface area contributed by atoms with Gasteiger partial charge in [-0.15, -0.1) is 0 Å². The average molecular weight is 342 g/mol. The van der Waals surface area contributed by atoms with Gasteiger partial charge in [0.1, 0.15) is 5.75 Å². The molecule has 0 saturated carbocycles. The highest BCUT2D eigenvalue weighted by Gasteiger charge is 2.04. The Balaban J connectivity index is 1.88. The second-order valence-corrected chi connectivity index (χ2v) is 5.97. The fourth-order valence-electron chi connectivity index (χ4n) is 2.46. The van der Waals surface area contributed by atoms with Crippen LogP contribution < -0.4 is 5.32 Å². The van der Waals surface area contributed by atoms with Crippen LogP contribution in [0.5, 0.6) is 5.75 Å². The van der Waals surface area contributed by atoms with Gasteiger partial charge in [0, 0.05) is 27.5 Å². The number of aryl methyl sites for hydroxylation is 1. The minimum absolute atomic E-state index is 0.315. The second-order valence-electron chi connectivity index (χ2n) is 5.11. The van der Waals surface area contributed by atoms with Gasteiger partial charge in [0.15, 0.2) is 0 Å². The molecule has 0 spiro atoms. The lowest BCUT2D eigenvalue weighted by atomic mass is 10.1. The van der Waals surface area contributed by atoms with Gasteiger partial charge < -0.3 is 10.4 Å². The number of benzene rings is 3. The van der Waals surface area contributed by atoms with Crippen molar-refractivity contribution in [2.24, 2.45) is 0 Å². The first-order chi connectivity index (χ1) is 10.1. The van der Waals surface area contributed by atoms with E-state index in [1.807, 2.05) is 30.3 Å². The molecule has 3 aromatic carbocycles. The fraction of sp³-hybridized carbons (Fsp3) is 0.111. The fourth-order valence-corrected chi connectivity index (χ4v) is 2.71. The molecule has 0 aliphatic rings. The zero-order valence-electron chi connectivity index (χ0n) is 11.7. The van der Waals surface area contributed by atoms with E-state index in [0.717, 1.165) is 27.5 Å². The van der Waals surface area contributed by atoms with Crippen LogP contribution in [0, 0.1) is 6.92 Å². The summed E-state index contributed by atoms with van der Waals surface area (Å²) >= 11 is 3.52. The van der Waals surface area contributed by atoms with Gasteiger partial charge >= 0.3 is 0 Å². The zero-order valence-corrected chi connectivity index (χ0v) is 13.3. The van der Waals surface area contributed by atoms with Crippen molar-refractivity contribution in [1.29, 1.82) is 0 Å². The third-order valence-electron chi connectivity index (χ3n) is 3.60. The topological polar surface area (TPSA) is 32.3 Å². The molecular weight excluding hydrogens is 326 g/mol. The molecule has 3 heteroatoms. The molecule has 0 saturated heterocycles. The average Bonchev–Trinajstić information content (AvgIpc) is 2.49. The second kappa shape index (κ2) is 5.78. The first-order valence-electron chi connectivity index (χ1n) is 6.85. The minimum atomic E-state index is 0.315. The Hall–Kier alpha value is -2.00. The summed E-state index contributed by atoms with van der Waals surface area (Å²) in [6.45, 7) is 2.84. The van der Waals surface area contributed by atoms with Crippen LogP contribution >= 0.6 is 15.9 Å². The highest BCUT2D eigenvalue weighted by atomic mass is 79.9. The van der Waals surface area contributed by atoms with Crippen LogP contribution in [0.25, 0.3) is 10.8 Å². The van der Waals surface area contributed by atoms with Gasteiger partial charge in [-0.3, -0.25) is 0 Å². The molecule has 0 bridgehead atoms. The van der Waals surface area contributed by atoms with Crippen molar-refractivity contribution >= 4 is 32.4 Å². The molecule has 0 fully saturated rings. The molecule has 0 aromatic heterocycles. The number of hydrogen-bond donors (Lipinski definition) is 2. The van der Waals surface area contributed by atoms with Crippen molar-refractivity contribution in [2.45, 2.75) is 13.5 Å². The van der Waals surface area contributed by atoms with Gasteiger partial charge in [-0.2, -0.15) is 0 Å². The van der Waals surface area contributed by atoms with E-state index in [1.165, 1.54) is 11.1 Å². The summed E-state index contributed by atoms with van der Waals surface area (Å²) in [6.07, 6.45) is 0. The van der Waals surface area contributed by atoms with E-state index in [4.69, 9.17) is 0 Å². The smallest absolute Gasteiger partial charge is 0.123 e. The van der Waals surface area contributed by atoms with Crippen LogP contribution in [-0.4, -0.2) is 5.11 Å². The van der Waals surface area contributed by atoms with Crippen LogP contribution in [0.3, 0.4) is 0 Å². The van der Waals surface area contributed by atoms with E-state index in [9.17, 15) is 5.11 Å². The van der Waals surface area contributed by atoms with Crippen LogP contribution in [0.2, 0.25) is 0 Å². The number of anilines is 1. The predicted octanol–water partition coefficient (Wildman–Crippen LogP) is 5.23. The first kappa shape index (κ1) is 14.0. The Morgan fingerprint density at radius 3 is 2.57 bits per heavy atom. The molecule has 2 nitrogen and oxygen atoms in total. The summed E-state index contributed by atoms with van der Waals surface area (Å²) in [5.41, 5.74) is 3.49. The molecule has 0 heterocycles. The molecular formula is C18H16BrNO. The molecule has 3 rings (SSSR count). The van der Waals surface area contributed by atoms with E-state index in [0.29, 0.717) is 5.75 Å². The lowest BCUT2D eigenvalue weighted by Gasteiger charge is -2.11. The van der Waals surface area contributed by atoms with Crippen LogP contribution in [-0.2, 0) is 6.54 Å². The van der Waals surface area contributed by atoms with Crippen LogP contribution in [0.4, 0.5) is 5.69 Å². The van der Waals surface area contributed by atoms with E-state index in [1.54, 1.807) is 6.07 Å². The quantitative estimate of drug-likeness (QED) is 0.683. The number of aromatic hydroxyl groups is 1. The first-order valence-corrected chi connectivity index (χ1v) is 7.64. The van der Waals surface area contributed by atoms with Crippen LogP contribution in [0.15, 0.2) is 59.1 Å². The lowest BCUT2D eigenvalue weighted by Crippen LogP contribution is -2.00. The highest BCUT2D eigenvalue weighted by Crippen LogP contribution is 2.30. The zero-order chi connectivity index (χ0) is 14.8. The summed E-state index contributed by atoms with van der Waals surface area (Å²) in [4.78, 5) is 0. The summed E-state index contributed by atoms with van der Waals surface area (Å²) in [5, 5.41) is 15.3. The molecule has 3 aromatic rings. The highest BCUT2D eigenvalue weighted by molar-refractivity contribution is 9.10. The minimum Gasteiger partial charge on any atom is -0.507 e. The Bertz CT molecular complexity index is 798. The van der Waals surface area contributed by atoms with E-state index < -0.39 is 0 Å². The van der Waals surface area contributed by atoms with Crippen LogP contribution in [0.1, 0.15) is 11.1 Å². The number of rotatable bonds is 3. The number of phenolic OH excluding ortho intramolecular Hbond substituents is 1. The number of fused-ring (bicyclic) bond motifs is 1. The standard InChI is InChI=1S/C18H16BrNO/c1-12-10-13(8-9-16(12)19)11-20-17-6-2-5-15-14(17)4-3-7-18(15)21/h2-10,20-21H,11H2,1H3. The van der Waals surface area contributed by atoms with Gasteiger partial charge in [-0.05, 0) is 36.2 Å². The van der Waals surface area contributed by atoms with E-state index >= 15 is 0 Å². The Labute approximate surface area is 132 Å². The molecule has 0 atom stereocenters. The molecule has 0 amide bonds. The maximum atomic E-state index is 9.91. The summed E-state index contributed by atoms with van der Waals surface area (Å²) in [5.74, 6) is 0.315. The van der Waals surface area contributed by atoms with E-state index in [-0.39, 0.29) is 0 Å². The maximum Gasteiger partial charge on any atom is 0.123 e.